The Balaban J connectivity index is 1.84. The molecule has 32 heavy (non-hydrogen) atoms. The molecule has 0 saturated heterocycles. The Bertz CT molecular complexity index is 1140. The lowest BCUT2D eigenvalue weighted by atomic mass is 9.93. The van der Waals surface area contributed by atoms with Gasteiger partial charge in [0.15, 0.2) is 0 Å². The largest absolute Gasteiger partial charge is 0.214 e. The van der Waals surface area contributed by atoms with Gasteiger partial charge < -0.3 is 0 Å². The predicted octanol–water partition coefficient (Wildman–Crippen LogP) is 7.62. The second-order valence-corrected chi connectivity index (χ2v) is 9.34. The van der Waals surface area contributed by atoms with E-state index in [2.05, 4.69) is 89.2 Å². The predicted molar refractivity (Wildman–Crippen MR) is 134 cm³/mol. The third-order valence-electron chi connectivity index (χ3n) is 5.66. The smallest absolute Gasteiger partial charge is 0.0958 e. The third-order valence-corrected chi connectivity index (χ3v) is 5.66. The Morgan fingerprint density at radius 1 is 0.844 bits per heavy atom. The maximum atomic E-state index is 4.60. The van der Waals surface area contributed by atoms with E-state index < -0.39 is 11.1 Å². The van der Waals surface area contributed by atoms with Gasteiger partial charge in [-0.25, -0.2) is 9.98 Å². The zero-order valence-corrected chi connectivity index (χ0v) is 19.9. The quantitative estimate of drug-likeness (QED) is 0.428. The Morgan fingerprint density at radius 2 is 1.50 bits per heavy atom. The van der Waals surface area contributed by atoms with Gasteiger partial charge in [0.1, 0.15) is 0 Å². The zero-order chi connectivity index (χ0) is 23.2. The van der Waals surface area contributed by atoms with E-state index >= 15 is 0 Å². The average molecular weight is 425 g/mol. The molecule has 0 N–H and O–H groups in total. The Labute approximate surface area is 192 Å². The second-order valence-electron chi connectivity index (χ2n) is 9.34. The molecule has 0 saturated carbocycles. The summed E-state index contributed by atoms with van der Waals surface area (Å²) in [5, 5.41) is 0. The Hall–Kier alpha value is -3.32. The van der Waals surface area contributed by atoms with E-state index in [1.807, 2.05) is 51.1 Å². The summed E-state index contributed by atoms with van der Waals surface area (Å²) in [6.07, 6.45) is 7.36. The van der Waals surface area contributed by atoms with Gasteiger partial charge in [0.2, 0.25) is 0 Å². The van der Waals surface area contributed by atoms with Crippen molar-refractivity contribution in [1.29, 1.82) is 0 Å². The van der Waals surface area contributed by atoms with Crippen molar-refractivity contribution >= 4 is 17.7 Å². The minimum Gasteiger partial charge on any atom is -0.214 e. The van der Waals surface area contributed by atoms with Crippen molar-refractivity contribution in [2.24, 2.45) is 25.9 Å². The van der Waals surface area contributed by atoms with E-state index in [1.54, 1.807) is 0 Å². The van der Waals surface area contributed by atoms with Crippen LogP contribution >= 0.6 is 0 Å². The molecule has 4 nitrogen and oxygen atoms in total. The normalized spacial score (nSPS) is 15.8. The molecule has 3 rings (SSSR count). The number of allylic oxidation sites excluding steroid dienone is 3. The van der Waals surface area contributed by atoms with Crippen molar-refractivity contribution in [3.05, 3.63) is 89.1 Å². The van der Waals surface area contributed by atoms with Crippen LogP contribution in [0.3, 0.4) is 0 Å². The summed E-state index contributed by atoms with van der Waals surface area (Å²) in [7, 11) is 0. The van der Waals surface area contributed by atoms with E-state index in [4.69, 9.17) is 0 Å². The van der Waals surface area contributed by atoms with E-state index in [0.717, 1.165) is 34.5 Å². The molecule has 4 heteroatoms. The fourth-order valence-corrected chi connectivity index (χ4v) is 3.39. The van der Waals surface area contributed by atoms with Crippen LogP contribution in [-0.2, 0) is 11.1 Å². The lowest BCUT2D eigenvalue weighted by Gasteiger charge is -2.19. The molecular weight excluding hydrogens is 392 g/mol. The van der Waals surface area contributed by atoms with E-state index in [0.29, 0.717) is 5.92 Å². The van der Waals surface area contributed by atoms with Gasteiger partial charge >= 0.3 is 0 Å². The van der Waals surface area contributed by atoms with Gasteiger partial charge in [0.25, 0.3) is 0 Å². The molecule has 1 atom stereocenters. The molecule has 1 aliphatic rings. The van der Waals surface area contributed by atoms with E-state index in [9.17, 15) is 0 Å². The molecule has 0 aromatic heterocycles. The molecule has 0 radical (unpaired) electrons. The summed E-state index contributed by atoms with van der Waals surface area (Å²) in [5.41, 5.74) is 4.10. The first-order valence-electron chi connectivity index (χ1n) is 11.1. The van der Waals surface area contributed by atoms with Crippen LogP contribution in [0.5, 0.6) is 0 Å². The molecule has 2 aromatic carbocycles. The van der Waals surface area contributed by atoms with Crippen molar-refractivity contribution in [3.63, 3.8) is 0 Å². The molecule has 0 fully saturated rings. The first kappa shape index (κ1) is 23.3. The van der Waals surface area contributed by atoms with Gasteiger partial charge in [-0.05, 0) is 75.8 Å². The summed E-state index contributed by atoms with van der Waals surface area (Å²) in [4.78, 5) is 18.1. The Morgan fingerprint density at radius 3 is 2.19 bits per heavy atom. The highest BCUT2D eigenvalue weighted by atomic mass is 14.9. The number of aliphatic imine (C=N–C) groups is 4. The molecule has 0 spiro atoms. The summed E-state index contributed by atoms with van der Waals surface area (Å²) in [5.74, 6) is 0.500. The van der Waals surface area contributed by atoms with Crippen molar-refractivity contribution < 1.29 is 0 Å². The first-order valence-corrected chi connectivity index (χ1v) is 11.1. The van der Waals surface area contributed by atoms with Crippen LogP contribution in [0.1, 0.15) is 57.7 Å². The molecule has 0 heterocycles. The maximum Gasteiger partial charge on any atom is 0.0958 e. The number of nitrogens with zero attached hydrogens (tertiary/aromatic N) is 4. The van der Waals surface area contributed by atoms with Crippen molar-refractivity contribution in [2.45, 2.75) is 59.0 Å². The molecule has 1 unspecified atom stereocenters. The fourth-order valence-electron chi connectivity index (χ4n) is 3.39. The molecule has 164 valence electrons. The van der Waals surface area contributed by atoms with Gasteiger partial charge in [0.05, 0.1) is 34.5 Å². The van der Waals surface area contributed by atoms with Gasteiger partial charge in [-0.1, -0.05) is 61.5 Å². The van der Waals surface area contributed by atoms with Gasteiger partial charge in [0, 0.05) is 0 Å². The summed E-state index contributed by atoms with van der Waals surface area (Å²) < 4.78 is 0. The number of aryl methyl sites for hydroxylation is 1. The first-order chi connectivity index (χ1) is 15.2. The molecule has 0 bridgehead atoms. The number of benzene rings is 2. The fraction of sp³-hybridized carbons (Fsp3) is 0.357. The minimum absolute atomic E-state index is 0.393. The summed E-state index contributed by atoms with van der Waals surface area (Å²) in [6, 6.07) is 22.2. The van der Waals surface area contributed by atoms with Crippen LogP contribution in [0.15, 0.2) is 92.4 Å². The van der Waals surface area contributed by atoms with Crippen LogP contribution < -0.4 is 0 Å². The van der Waals surface area contributed by atoms with Gasteiger partial charge in [-0.3, -0.25) is 0 Å². The van der Waals surface area contributed by atoms with Crippen LogP contribution in [0.2, 0.25) is 0 Å². The summed E-state index contributed by atoms with van der Waals surface area (Å²) in [6.45, 7) is 12.4. The third kappa shape index (κ3) is 6.11. The molecule has 0 aliphatic heterocycles. The van der Waals surface area contributed by atoms with Crippen molar-refractivity contribution in [1.82, 2.24) is 0 Å². The monoisotopic (exact) mass is 424 g/mol. The number of hydrogen-bond acceptors (Lipinski definition) is 4. The van der Waals surface area contributed by atoms with Crippen molar-refractivity contribution in [3.8, 4) is 0 Å². The van der Waals surface area contributed by atoms with E-state index in [1.165, 1.54) is 0 Å². The topological polar surface area (TPSA) is 49.4 Å². The number of rotatable bonds is 6. The highest BCUT2D eigenvalue weighted by molar-refractivity contribution is 5.58. The van der Waals surface area contributed by atoms with Gasteiger partial charge in [-0.2, -0.15) is 9.98 Å². The second kappa shape index (κ2) is 9.87. The summed E-state index contributed by atoms with van der Waals surface area (Å²) >= 11 is 0. The SMILES string of the molecule is Cc1ccc(C(C)(C)N=C=NC2=CC(C)CC=C2)cc1N=C=NC(C)(C)c1ccccc1. The van der Waals surface area contributed by atoms with Crippen LogP contribution in [0.4, 0.5) is 5.69 Å². The maximum absolute atomic E-state index is 4.60. The lowest BCUT2D eigenvalue weighted by Crippen LogP contribution is -2.13. The molecular formula is C28H32N4. The molecule has 2 aromatic rings. The lowest BCUT2D eigenvalue weighted by molar-refractivity contribution is 0.560. The molecule has 1 aliphatic carbocycles. The van der Waals surface area contributed by atoms with Crippen LogP contribution in [0, 0.1) is 12.8 Å². The molecule has 0 amide bonds. The zero-order valence-electron chi connectivity index (χ0n) is 19.9. The highest BCUT2D eigenvalue weighted by Crippen LogP contribution is 2.30. The van der Waals surface area contributed by atoms with Gasteiger partial charge in [-0.15, -0.1) is 0 Å². The average Bonchev–Trinajstić information content (AvgIpc) is 2.75. The number of hydrogen-bond donors (Lipinski definition) is 0. The minimum atomic E-state index is -0.480. The highest BCUT2D eigenvalue weighted by Gasteiger charge is 2.20. The van der Waals surface area contributed by atoms with Crippen LogP contribution in [0.25, 0.3) is 0 Å². The van der Waals surface area contributed by atoms with Crippen molar-refractivity contribution in [2.75, 3.05) is 0 Å². The standard InChI is InChI=1S/C28H32N4/c1-21-11-10-14-25(17-21)29-19-31-28(5,6)24-16-15-22(2)26(18-24)30-20-32-27(3,4)23-12-8-7-9-13-23/h7-10,12-18,21H,11H2,1-6H3. The van der Waals surface area contributed by atoms with Crippen LogP contribution in [-0.4, -0.2) is 12.0 Å². The van der Waals surface area contributed by atoms with E-state index in [-0.39, 0.29) is 0 Å². The Kier molecular flexibility index (Phi) is 7.20.